The Hall–Kier alpha value is -1.68. The molecule has 0 aliphatic rings. The molecular formula is C15H13BrFNO. The standard InChI is InChI=1S/C15H13BrFNO/c1-2-10-5-3-4-6-12(10)15(19)18-14-8-7-11(16)9-13(14)17/h3-9H,2H2,1H3,(H,18,19). The first-order chi connectivity index (χ1) is 9.11. The van der Waals surface area contributed by atoms with Gasteiger partial charge in [0.1, 0.15) is 5.82 Å². The third-order valence-electron chi connectivity index (χ3n) is 2.82. The van der Waals surface area contributed by atoms with Gasteiger partial charge in [0.2, 0.25) is 0 Å². The number of benzene rings is 2. The van der Waals surface area contributed by atoms with Crippen molar-refractivity contribution in [2.75, 3.05) is 5.32 Å². The van der Waals surface area contributed by atoms with Crippen LogP contribution in [0.2, 0.25) is 0 Å². The SMILES string of the molecule is CCc1ccccc1C(=O)Nc1ccc(Br)cc1F. The number of halogens is 2. The maximum atomic E-state index is 13.7. The van der Waals surface area contributed by atoms with E-state index in [1.807, 2.05) is 19.1 Å². The molecule has 0 heterocycles. The number of carbonyl (C=O) groups excluding carboxylic acids is 1. The van der Waals surface area contributed by atoms with Crippen molar-refractivity contribution >= 4 is 27.5 Å². The molecule has 0 fully saturated rings. The summed E-state index contributed by atoms with van der Waals surface area (Å²) in [6, 6.07) is 11.9. The normalized spacial score (nSPS) is 10.3. The van der Waals surface area contributed by atoms with Crippen LogP contribution < -0.4 is 5.32 Å². The fraction of sp³-hybridized carbons (Fsp3) is 0.133. The summed E-state index contributed by atoms with van der Waals surface area (Å²) in [5.74, 6) is -0.754. The first-order valence-corrected chi connectivity index (χ1v) is 6.75. The van der Waals surface area contributed by atoms with Crippen LogP contribution in [0.3, 0.4) is 0 Å². The lowest BCUT2D eigenvalue weighted by Crippen LogP contribution is -2.14. The molecule has 2 nitrogen and oxygen atoms in total. The van der Waals surface area contributed by atoms with Crippen LogP contribution in [0.1, 0.15) is 22.8 Å². The van der Waals surface area contributed by atoms with E-state index in [4.69, 9.17) is 0 Å². The van der Waals surface area contributed by atoms with Crippen molar-refractivity contribution in [3.05, 3.63) is 63.9 Å². The van der Waals surface area contributed by atoms with Crippen LogP contribution in [0.5, 0.6) is 0 Å². The summed E-state index contributed by atoms with van der Waals surface area (Å²) in [5.41, 5.74) is 1.70. The highest BCUT2D eigenvalue weighted by Crippen LogP contribution is 2.20. The highest BCUT2D eigenvalue weighted by molar-refractivity contribution is 9.10. The summed E-state index contributed by atoms with van der Waals surface area (Å²) in [6.45, 7) is 1.98. The van der Waals surface area contributed by atoms with Crippen molar-refractivity contribution in [2.45, 2.75) is 13.3 Å². The van der Waals surface area contributed by atoms with Gasteiger partial charge in [0.05, 0.1) is 5.69 Å². The van der Waals surface area contributed by atoms with Crippen molar-refractivity contribution in [3.8, 4) is 0 Å². The van der Waals surface area contributed by atoms with E-state index in [0.29, 0.717) is 10.0 Å². The number of carbonyl (C=O) groups is 1. The summed E-state index contributed by atoms with van der Waals surface area (Å²) < 4.78 is 14.3. The molecule has 0 saturated carbocycles. The van der Waals surface area contributed by atoms with Crippen molar-refractivity contribution in [1.29, 1.82) is 0 Å². The van der Waals surface area contributed by atoms with Gasteiger partial charge < -0.3 is 5.32 Å². The highest BCUT2D eigenvalue weighted by Gasteiger charge is 2.12. The molecule has 1 N–H and O–H groups in total. The molecule has 0 aliphatic heterocycles. The molecular weight excluding hydrogens is 309 g/mol. The molecule has 0 aliphatic carbocycles. The van der Waals surface area contributed by atoms with E-state index < -0.39 is 5.82 Å². The monoisotopic (exact) mass is 321 g/mol. The average molecular weight is 322 g/mol. The maximum Gasteiger partial charge on any atom is 0.256 e. The Morgan fingerprint density at radius 3 is 2.68 bits per heavy atom. The fourth-order valence-corrected chi connectivity index (χ4v) is 2.16. The number of rotatable bonds is 3. The summed E-state index contributed by atoms with van der Waals surface area (Å²) >= 11 is 3.18. The predicted octanol–water partition coefficient (Wildman–Crippen LogP) is 4.40. The minimum Gasteiger partial charge on any atom is -0.319 e. The second-order valence-corrected chi connectivity index (χ2v) is 5.00. The first kappa shape index (κ1) is 13.7. The van der Waals surface area contributed by atoms with E-state index in [0.717, 1.165) is 12.0 Å². The number of anilines is 1. The van der Waals surface area contributed by atoms with Crippen LogP contribution in [-0.2, 0) is 6.42 Å². The van der Waals surface area contributed by atoms with Gasteiger partial charge in [0, 0.05) is 10.0 Å². The lowest BCUT2D eigenvalue weighted by atomic mass is 10.0. The topological polar surface area (TPSA) is 29.1 Å². The Bertz CT molecular complexity index is 613. The van der Waals surface area contributed by atoms with Crippen molar-refractivity contribution in [3.63, 3.8) is 0 Å². The zero-order valence-electron chi connectivity index (χ0n) is 10.4. The van der Waals surface area contributed by atoms with Crippen LogP contribution in [0, 0.1) is 5.82 Å². The molecule has 2 aromatic carbocycles. The molecule has 19 heavy (non-hydrogen) atoms. The van der Waals surface area contributed by atoms with Crippen LogP contribution in [0.4, 0.5) is 10.1 Å². The Balaban J connectivity index is 2.26. The molecule has 0 saturated heterocycles. The van der Waals surface area contributed by atoms with Gasteiger partial charge in [-0.25, -0.2) is 4.39 Å². The number of nitrogens with one attached hydrogen (secondary N) is 1. The van der Waals surface area contributed by atoms with Crippen molar-refractivity contribution in [1.82, 2.24) is 0 Å². The van der Waals surface area contributed by atoms with Gasteiger partial charge in [-0.1, -0.05) is 41.1 Å². The number of aryl methyl sites for hydroxylation is 1. The van der Waals surface area contributed by atoms with Gasteiger partial charge in [-0.15, -0.1) is 0 Å². The molecule has 98 valence electrons. The second kappa shape index (κ2) is 5.97. The summed E-state index contributed by atoms with van der Waals surface area (Å²) in [6.07, 6.45) is 0.756. The summed E-state index contributed by atoms with van der Waals surface area (Å²) in [7, 11) is 0. The highest BCUT2D eigenvalue weighted by atomic mass is 79.9. The molecule has 1 amide bonds. The minimum atomic E-state index is -0.461. The van der Waals surface area contributed by atoms with Gasteiger partial charge in [-0.05, 0) is 36.2 Å². The number of hydrogen-bond acceptors (Lipinski definition) is 1. The zero-order chi connectivity index (χ0) is 13.8. The quantitative estimate of drug-likeness (QED) is 0.891. The van der Waals surface area contributed by atoms with E-state index in [1.54, 1.807) is 18.2 Å². The first-order valence-electron chi connectivity index (χ1n) is 5.96. The van der Waals surface area contributed by atoms with E-state index >= 15 is 0 Å². The molecule has 2 aromatic rings. The van der Waals surface area contributed by atoms with E-state index in [9.17, 15) is 9.18 Å². The van der Waals surface area contributed by atoms with Crippen LogP contribution in [-0.4, -0.2) is 5.91 Å². The molecule has 0 bridgehead atoms. The lowest BCUT2D eigenvalue weighted by molar-refractivity contribution is 0.102. The number of amides is 1. The van der Waals surface area contributed by atoms with Gasteiger partial charge >= 0.3 is 0 Å². The third kappa shape index (κ3) is 3.20. The third-order valence-corrected chi connectivity index (χ3v) is 3.32. The van der Waals surface area contributed by atoms with Gasteiger partial charge in [-0.2, -0.15) is 0 Å². The van der Waals surface area contributed by atoms with E-state index in [-0.39, 0.29) is 11.6 Å². The molecule has 4 heteroatoms. The number of hydrogen-bond donors (Lipinski definition) is 1. The van der Waals surface area contributed by atoms with Gasteiger partial charge in [-0.3, -0.25) is 4.79 Å². The van der Waals surface area contributed by atoms with E-state index in [2.05, 4.69) is 21.2 Å². The van der Waals surface area contributed by atoms with E-state index in [1.165, 1.54) is 12.1 Å². The largest absolute Gasteiger partial charge is 0.319 e. The molecule has 0 spiro atoms. The Morgan fingerprint density at radius 1 is 1.26 bits per heavy atom. The molecule has 0 atom stereocenters. The Kier molecular flexibility index (Phi) is 4.32. The molecule has 2 rings (SSSR count). The summed E-state index contributed by atoms with van der Waals surface area (Å²) in [5, 5.41) is 2.59. The minimum absolute atomic E-state index is 0.180. The zero-order valence-corrected chi connectivity index (χ0v) is 12.0. The maximum absolute atomic E-state index is 13.7. The van der Waals surface area contributed by atoms with Crippen LogP contribution >= 0.6 is 15.9 Å². The van der Waals surface area contributed by atoms with Crippen LogP contribution in [0.25, 0.3) is 0 Å². The molecule has 0 aromatic heterocycles. The van der Waals surface area contributed by atoms with Crippen molar-refractivity contribution in [2.24, 2.45) is 0 Å². The summed E-state index contributed by atoms with van der Waals surface area (Å²) in [4.78, 5) is 12.1. The predicted molar refractivity (Wildman–Crippen MR) is 77.9 cm³/mol. The molecule has 0 unspecified atom stereocenters. The molecule has 0 radical (unpaired) electrons. The second-order valence-electron chi connectivity index (χ2n) is 4.09. The smallest absolute Gasteiger partial charge is 0.256 e. The van der Waals surface area contributed by atoms with Crippen LogP contribution in [0.15, 0.2) is 46.9 Å². The Labute approximate surface area is 119 Å². The van der Waals surface area contributed by atoms with Crippen molar-refractivity contribution < 1.29 is 9.18 Å². The van der Waals surface area contributed by atoms with Gasteiger partial charge in [0.15, 0.2) is 0 Å². The Morgan fingerprint density at radius 2 is 2.00 bits per heavy atom. The van der Waals surface area contributed by atoms with Gasteiger partial charge in [0.25, 0.3) is 5.91 Å². The average Bonchev–Trinajstić information content (AvgIpc) is 2.41. The lowest BCUT2D eigenvalue weighted by Gasteiger charge is -2.09. The fourth-order valence-electron chi connectivity index (χ4n) is 1.83.